The highest BCUT2D eigenvalue weighted by atomic mass is 31.2. The minimum absolute atomic E-state index is 0.329. The number of aliphatic hydroxyl groups excluding tert-OH is 2. The van der Waals surface area contributed by atoms with Crippen LogP contribution >= 0.6 is 15.2 Å². The normalized spacial score (nSPS) is 15.9. The van der Waals surface area contributed by atoms with Gasteiger partial charge in [-0.25, -0.2) is 4.79 Å². The summed E-state index contributed by atoms with van der Waals surface area (Å²) in [5.74, 6) is -5.84. The number of hydrogen-bond donors (Lipinski definition) is 9. The Balaban J connectivity index is 5.91. The van der Waals surface area contributed by atoms with Crippen molar-refractivity contribution in [1.29, 1.82) is 0 Å². The van der Waals surface area contributed by atoms with E-state index in [1.54, 1.807) is 0 Å². The summed E-state index contributed by atoms with van der Waals surface area (Å²) in [6.07, 6.45) is -5.04. The molecule has 0 spiro atoms. The van der Waals surface area contributed by atoms with E-state index < -0.39 is 83.6 Å². The van der Waals surface area contributed by atoms with Crippen LogP contribution in [0.4, 0.5) is 0 Å². The Kier molecular flexibility index (Phi) is 10.5. The van der Waals surface area contributed by atoms with Crippen molar-refractivity contribution in [2.24, 2.45) is 0 Å². The molecule has 3 unspecified atom stereocenters. The fourth-order valence-electron chi connectivity index (χ4n) is 2.37. The van der Waals surface area contributed by atoms with Crippen LogP contribution in [-0.2, 0) is 23.5 Å². The number of rotatable bonds is 14. The van der Waals surface area contributed by atoms with E-state index in [2.05, 4.69) is 0 Å². The van der Waals surface area contributed by atoms with Crippen molar-refractivity contribution in [3.63, 3.8) is 0 Å². The molecule has 0 aromatic rings. The molecule has 0 aliphatic rings. The third kappa shape index (κ3) is 10.2. The van der Waals surface area contributed by atoms with Gasteiger partial charge in [-0.05, 0) is 0 Å². The Morgan fingerprint density at radius 3 is 1.52 bits per heavy atom. The van der Waals surface area contributed by atoms with E-state index in [-0.39, 0.29) is 0 Å². The first-order valence-electron chi connectivity index (χ1n) is 7.54. The number of aliphatic hydroxyl groups is 2. The minimum Gasteiger partial charge on any atom is -0.480 e. The molecule has 0 aromatic carbocycles. The Bertz CT molecular complexity index is 665. The van der Waals surface area contributed by atoms with Gasteiger partial charge in [0.1, 0.15) is 24.7 Å². The van der Waals surface area contributed by atoms with Gasteiger partial charge in [0.05, 0.1) is 6.61 Å². The molecule has 0 rings (SSSR count). The van der Waals surface area contributed by atoms with Crippen LogP contribution < -0.4 is 0 Å². The van der Waals surface area contributed by atoms with E-state index in [0.717, 1.165) is 0 Å². The Labute approximate surface area is 162 Å². The molecule has 16 nitrogen and oxygen atoms in total. The summed E-state index contributed by atoms with van der Waals surface area (Å²) < 4.78 is 22.3. The molecule has 0 radical (unpaired) electrons. The molecular weight excluding hydrogens is 446 g/mol. The summed E-state index contributed by atoms with van der Waals surface area (Å²) >= 11 is 0. The summed E-state index contributed by atoms with van der Waals surface area (Å²) in [6, 6.07) is -4.47. The van der Waals surface area contributed by atoms with Gasteiger partial charge in [0.25, 0.3) is 0 Å². The first-order chi connectivity index (χ1) is 13.0. The van der Waals surface area contributed by atoms with Crippen molar-refractivity contribution in [1.82, 2.24) is 9.80 Å². The second-order valence-corrected chi connectivity index (χ2v) is 9.07. The van der Waals surface area contributed by atoms with Crippen LogP contribution in [0.3, 0.4) is 0 Å². The number of carboxylic acid groups (broad SMARTS) is 3. The van der Waals surface area contributed by atoms with E-state index in [1.165, 1.54) is 0 Å². The van der Waals surface area contributed by atoms with E-state index in [0.29, 0.717) is 9.80 Å². The van der Waals surface area contributed by atoms with E-state index in [1.807, 2.05) is 0 Å². The molecule has 0 saturated heterocycles. The standard InChI is InChI=1S/C11H22N2O14P2/c14-3-6(9(16)17)13(7(10(18)19)8(15)11(20)21)2-1-12(4-28(22,23)24)5-29(25,26)27/h6-8,14-15H,1-5H2,(H,16,17)(H,18,19)(H,20,21)(H2,22,23,24)(H2,25,26,27). The molecule has 0 fully saturated rings. The lowest BCUT2D eigenvalue weighted by atomic mass is 10.1. The number of carboxylic acids is 3. The SMILES string of the molecule is O=C(O)C(O)C(C(=O)O)N(CCN(CP(=O)(O)O)CP(=O)(O)O)C(CO)C(=O)O. The maximum absolute atomic E-state index is 11.4. The van der Waals surface area contributed by atoms with E-state index in [9.17, 15) is 38.8 Å². The maximum Gasteiger partial charge on any atom is 0.339 e. The molecule has 0 heterocycles. The number of aliphatic carboxylic acids is 3. The van der Waals surface area contributed by atoms with Crippen molar-refractivity contribution in [2.45, 2.75) is 18.2 Å². The molecule has 0 bridgehead atoms. The fourth-order valence-corrected chi connectivity index (χ4v) is 4.05. The second kappa shape index (κ2) is 11.1. The van der Waals surface area contributed by atoms with Gasteiger partial charge in [0.15, 0.2) is 6.10 Å². The molecule has 0 amide bonds. The molecule has 170 valence electrons. The fraction of sp³-hybridized carbons (Fsp3) is 0.727. The average Bonchev–Trinajstić information content (AvgIpc) is 2.48. The third-order valence-electron chi connectivity index (χ3n) is 3.46. The highest BCUT2D eigenvalue weighted by molar-refractivity contribution is 7.52. The van der Waals surface area contributed by atoms with Gasteiger partial charge in [-0.3, -0.25) is 28.5 Å². The lowest BCUT2D eigenvalue weighted by Crippen LogP contribution is -2.60. The zero-order chi connectivity index (χ0) is 23.2. The second-order valence-electron chi connectivity index (χ2n) is 5.85. The largest absolute Gasteiger partial charge is 0.480 e. The van der Waals surface area contributed by atoms with Crippen molar-refractivity contribution >= 4 is 33.1 Å². The van der Waals surface area contributed by atoms with Crippen molar-refractivity contribution in [2.75, 3.05) is 32.3 Å². The summed E-state index contributed by atoms with van der Waals surface area (Å²) in [6.45, 7) is -2.84. The molecule has 0 aliphatic carbocycles. The van der Waals surface area contributed by atoms with Gasteiger partial charge in [-0.2, -0.15) is 0 Å². The third-order valence-corrected chi connectivity index (χ3v) is 5.00. The topological polar surface area (TPSA) is 274 Å². The van der Waals surface area contributed by atoms with E-state index >= 15 is 0 Å². The molecule has 0 aromatic heterocycles. The van der Waals surface area contributed by atoms with Crippen LogP contribution in [0.1, 0.15) is 0 Å². The lowest BCUT2D eigenvalue weighted by molar-refractivity contribution is -0.167. The molecule has 0 aliphatic heterocycles. The van der Waals surface area contributed by atoms with Gasteiger partial charge in [-0.1, -0.05) is 0 Å². The van der Waals surface area contributed by atoms with Gasteiger partial charge in [-0.15, -0.1) is 0 Å². The zero-order valence-corrected chi connectivity index (χ0v) is 16.4. The number of nitrogens with zero attached hydrogens (tertiary/aromatic N) is 2. The van der Waals surface area contributed by atoms with Gasteiger partial charge in [0, 0.05) is 13.1 Å². The summed E-state index contributed by atoms with van der Waals surface area (Å²) in [7, 11) is -9.71. The van der Waals surface area contributed by atoms with Crippen molar-refractivity contribution < 1.29 is 68.6 Å². The zero-order valence-electron chi connectivity index (χ0n) is 14.6. The number of hydrogen-bond acceptors (Lipinski definition) is 9. The van der Waals surface area contributed by atoms with Crippen LogP contribution in [-0.4, -0.2) is 123 Å². The smallest absolute Gasteiger partial charge is 0.339 e. The van der Waals surface area contributed by atoms with Gasteiger partial charge < -0.3 is 45.1 Å². The van der Waals surface area contributed by atoms with Gasteiger partial charge in [0.2, 0.25) is 0 Å². The monoisotopic (exact) mass is 468 g/mol. The highest BCUT2D eigenvalue weighted by Crippen LogP contribution is 2.40. The van der Waals surface area contributed by atoms with Crippen LogP contribution in [0.15, 0.2) is 0 Å². The van der Waals surface area contributed by atoms with Crippen LogP contribution in [0, 0.1) is 0 Å². The summed E-state index contributed by atoms with van der Waals surface area (Å²) in [5, 5.41) is 46.1. The van der Waals surface area contributed by atoms with E-state index in [4.69, 9.17) is 29.8 Å². The molecular formula is C11H22N2O14P2. The molecule has 0 saturated carbocycles. The molecule has 3 atom stereocenters. The lowest BCUT2D eigenvalue weighted by Gasteiger charge is -2.35. The number of carbonyl (C=O) groups is 3. The van der Waals surface area contributed by atoms with Crippen LogP contribution in [0.5, 0.6) is 0 Å². The Morgan fingerprint density at radius 2 is 1.24 bits per heavy atom. The Hall–Kier alpha value is -1.45. The molecule has 29 heavy (non-hydrogen) atoms. The first-order valence-corrected chi connectivity index (χ1v) is 11.1. The van der Waals surface area contributed by atoms with Crippen LogP contribution in [0.2, 0.25) is 0 Å². The predicted octanol–water partition coefficient (Wildman–Crippen LogP) is -3.79. The van der Waals surface area contributed by atoms with Gasteiger partial charge >= 0.3 is 33.1 Å². The van der Waals surface area contributed by atoms with Crippen LogP contribution in [0.25, 0.3) is 0 Å². The maximum atomic E-state index is 11.4. The molecule has 9 N–H and O–H groups in total. The summed E-state index contributed by atoms with van der Waals surface area (Å²) in [4.78, 5) is 70.6. The highest BCUT2D eigenvalue weighted by Gasteiger charge is 2.42. The van der Waals surface area contributed by atoms with Crippen molar-refractivity contribution in [3.8, 4) is 0 Å². The van der Waals surface area contributed by atoms with Crippen molar-refractivity contribution in [3.05, 3.63) is 0 Å². The molecule has 18 heteroatoms. The first kappa shape index (κ1) is 27.5. The minimum atomic E-state index is -4.86. The quantitative estimate of drug-likeness (QED) is 0.111. The Morgan fingerprint density at radius 1 is 0.793 bits per heavy atom. The average molecular weight is 468 g/mol. The predicted molar refractivity (Wildman–Crippen MR) is 90.8 cm³/mol. The summed E-state index contributed by atoms with van der Waals surface area (Å²) in [5.41, 5.74) is 0.